The molecule has 1 aliphatic rings. The van der Waals surface area contributed by atoms with Gasteiger partial charge in [0.05, 0.1) is 28.2 Å². The minimum absolute atomic E-state index is 0.320. The van der Waals surface area contributed by atoms with Crippen LogP contribution in [0.1, 0.15) is 20.7 Å². The van der Waals surface area contributed by atoms with Crippen LogP contribution in [-0.2, 0) is 10.5 Å². The summed E-state index contributed by atoms with van der Waals surface area (Å²) in [5, 5.41) is 0. The first-order valence-corrected chi connectivity index (χ1v) is 9.78. The Morgan fingerprint density at radius 1 is 0.733 bits per heavy atom. The normalized spacial score (nSPS) is 12.5. The van der Waals surface area contributed by atoms with Crippen molar-refractivity contribution in [3.63, 3.8) is 0 Å². The van der Waals surface area contributed by atoms with Gasteiger partial charge in [-0.05, 0) is 48.5 Å². The van der Waals surface area contributed by atoms with Crippen LogP contribution in [-0.4, -0.2) is 26.3 Å². The average molecular weight is 419 g/mol. The van der Waals surface area contributed by atoms with Crippen molar-refractivity contribution in [1.82, 2.24) is 0 Å². The number of anilines is 3. The van der Waals surface area contributed by atoms with Crippen LogP contribution in [0.15, 0.2) is 83.2 Å². The van der Waals surface area contributed by atoms with E-state index in [4.69, 9.17) is 0 Å². The van der Waals surface area contributed by atoms with Gasteiger partial charge in [0.25, 0.3) is 11.8 Å². The Hall–Kier alpha value is -4.11. The summed E-state index contributed by atoms with van der Waals surface area (Å²) in [7, 11) is -2.92. The fourth-order valence-electron chi connectivity index (χ4n) is 3.23. The number of para-hydroxylation sites is 1. The van der Waals surface area contributed by atoms with Gasteiger partial charge in [-0.25, -0.2) is 9.69 Å². The molecule has 0 N–H and O–H groups in total. The molecule has 30 heavy (non-hydrogen) atoms. The van der Waals surface area contributed by atoms with E-state index in [0.717, 1.165) is 9.80 Å². The second kappa shape index (κ2) is 7.72. The molecule has 0 saturated carbocycles. The summed E-state index contributed by atoms with van der Waals surface area (Å²) in [6.07, 6.45) is 0. The van der Waals surface area contributed by atoms with E-state index in [2.05, 4.69) is 4.36 Å². The Kier molecular flexibility index (Phi) is 4.95. The molecule has 0 unspecified atom stereocenters. The first-order chi connectivity index (χ1) is 14.5. The molecule has 4 rings (SSSR count). The zero-order valence-corrected chi connectivity index (χ0v) is 16.1. The molecule has 4 amide bonds. The minimum Gasteiger partial charge on any atom is -0.268 e. The molecule has 3 aromatic carbocycles. The Morgan fingerprint density at radius 2 is 1.23 bits per heavy atom. The van der Waals surface area contributed by atoms with E-state index < -0.39 is 28.3 Å². The molecule has 0 fully saturated rings. The fourth-order valence-corrected chi connectivity index (χ4v) is 3.44. The van der Waals surface area contributed by atoms with Gasteiger partial charge in [-0.3, -0.25) is 14.5 Å². The molecular weight excluding hydrogens is 406 g/mol. The summed E-state index contributed by atoms with van der Waals surface area (Å²) in [4.78, 5) is 39.8. The van der Waals surface area contributed by atoms with Gasteiger partial charge in [-0.2, -0.15) is 8.42 Å². The number of urea groups is 1. The first-order valence-electron chi connectivity index (χ1n) is 8.75. The molecule has 0 aliphatic carbocycles. The van der Waals surface area contributed by atoms with Crippen LogP contribution in [0.5, 0.6) is 0 Å². The van der Waals surface area contributed by atoms with Crippen molar-refractivity contribution in [1.29, 1.82) is 0 Å². The third-order valence-corrected chi connectivity index (χ3v) is 4.82. The van der Waals surface area contributed by atoms with Gasteiger partial charge in [0.2, 0.25) is 0 Å². The third-order valence-electron chi connectivity index (χ3n) is 4.52. The summed E-state index contributed by atoms with van der Waals surface area (Å²) in [5.41, 5.74) is 1.70. The second-order valence-corrected chi connectivity index (χ2v) is 6.89. The predicted molar refractivity (Wildman–Crippen MR) is 109 cm³/mol. The van der Waals surface area contributed by atoms with Crippen LogP contribution in [0.2, 0.25) is 0 Å². The summed E-state index contributed by atoms with van der Waals surface area (Å²) in [6.45, 7) is 0. The van der Waals surface area contributed by atoms with Crippen LogP contribution in [0.25, 0.3) is 0 Å². The van der Waals surface area contributed by atoms with Crippen molar-refractivity contribution in [3.8, 4) is 0 Å². The number of hydrogen-bond acceptors (Lipinski definition) is 5. The van der Waals surface area contributed by atoms with E-state index in [1.807, 2.05) is 0 Å². The highest BCUT2D eigenvalue weighted by Crippen LogP contribution is 2.32. The van der Waals surface area contributed by atoms with Crippen LogP contribution in [0.3, 0.4) is 0 Å². The number of nitrogens with zero attached hydrogens (tertiary/aromatic N) is 3. The molecule has 0 aromatic heterocycles. The second-order valence-electron chi connectivity index (χ2n) is 6.27. The quantitative estimate of drug-likeness (QED) is 0.601. The molecule has 0 saturated heterocycles. The number of amides is 4. The molecule has 3 aromatic rings. The lowest BCUT2D eigenvalue weighted by Gasteiger charge is -2.21. The summed E-state index contributed by atoms with van der Waals surface area (Å²) >= 11 is 0. The Bertz CT molecular complexity index is 1260. The first kappa shape index (κ1) is 19.2. The largest absolute Gasteiger partial charge is 0.367 e. The fraction of sp³-hybridized carbons (Fsp3) is 0. The molecule has 0 atom stereocenters. The van der Waals surface area contributed by atoms with Gasteiger partial charge in [0, 0.05) is 0 Å². The Balaban J connectivity index is 1.71. The zero-order chi connectivity index (χ0) is 21.3. The summed E-state index contributed by atoms with van der Waals surface area (Å²) in [6, 6.07) is 20.0. The smallest absolute Gasteiger partial charge is 0.268 e. The van der Waals surface area contributed by atoms with Gasteiger partial charge in [-0.15, -0.1) is 0 Å². The molecule has 8 nitrogen and oxygen atoms in total. The Morgan fingerprint density at radius 3 is 1.77 bits per heavy atom. The lowest BCUT2D eigenvalue weighted by Crippen LogP contribution is -2.29. The summed E-state index contributed by atoms with van der Waals surface area (Å²) < 4.78 is 24.8. The van der Waals surface area contributed by atoms with Crippen molar-refractivity contribution >= 4 is 45.4 Å². The Labute approximate surface area is 172 Å². The average Bonchev–Trinajstić information content (AvgIpc) is 3.00. The molecule has 1 heterocycles. The van der Waals surface area contributed by atoms with Gasteiger partial charge < -0.3 is 0 Å². The van der Waals surface area contributed by atoms with Crippen LogP contribution >= 0.6 is 0 Å². The maximum Gasteiger partial charge on any atom is 0.367 e. The molecule has 9 heteroatoms. The number of rotatable bonds is 3. The topological polar surface area (TPSA) is 104 Å². The van der Waals surface area contributed by atoms with E-state index in [-0.39, 0.29) is 0 Å². The molecule has 0 radical (unpaired) electrons. The molecule has 0 bridgehead atoms. The monoisotopic (exact) mass is 419 g/mol. The van der Waals surface area contributed by atoms with Gasteiger partial charge in [0.1, 0.15) is 0 Å². The zero-order valence-electron chi connectivity index (χ0n) is 15.3. The predicted octanol–water partition coefficient (Wildman–Crippen LogP) is 3.81. The van der Waals surface area contributed by atoms with E-state index in [0.29, 0.717) is 28.2 Å². The van der Waals surface area contributed by atoms with Crippen LogP contribution in [0, 0.1) is 0 Å². The maximum absolute atomic E-state index is 12.6. The number of benzene rings is 3. The van der Waals surface area contributed by atoms with E-state index in [1.165, 1.54) is 24.3 Å². The lowest BCUT2D eigenvalue weighted by atomic mass is 10.1. The highest BCUT2D eigenvalue weighted by Gasteiger charge is 2.36. The van der Waals surface area contributed by atoms with Crippen molar-refractivity contribution in [2.75, 3.05) is 9.80 Å². The standard InChI is InChI=1S/C21H13N3O5S/c25-19-17-8-4-5-9-18(17)20(26)24(19)16-12-10-15(11-13-16)23(21(27)22-30(28)29)14-6-2-1-3-7-14/h1-13H. The van der Waals surface area contributed by atoms with Crippen LogP contribution in [0.4, 0.5) is 21.9 Å². The number of imide groups is 1. The molecule has 0 spiro atoms. The van der Waals surface area contributed by atoms with Gasteiger partial charge in [-0.1, -0.05) is 34.7 Å². The number of hydrogen-bond donors (Lipinski definition) is 0. The number of carbonyl (C=O) groups is 3. The van der Waals surface area contributed by atoms with E-state index in [9.17, 15) is 22.8 Å². The number of carbonyl (C=O) groups excluding carboxylic acids is 3. The van der Waals surface area contributed by atoms with Crippen LogP contribution < -0.4 is 9.80 Å². The third kappa shape index (κ3) is 3.38. The van der Waals surface area contributed by atoms with Crippen molar-refractivity contribution in [2.24, 2.45) is 4.36 Å². The van der Waals surface area contributed by atoms with Crippen molar-refractivity contribution in [3.05, 3.63) is 90.0 Å². The highest BCUT2D eigenvalue weighted by atomic mass is 32.2. The maximum atomic E-state index is 12.6. The number of fused-ring (bicyclic) bond motifs is 1. The molecule has 148 valence electrons. The van der Waals surface area contributed by atoms with E-state index in [1.54, 1.807) is 54.6 Å². The van der Waals surface area contributed by atoms with Crippen molar-refractivity contribution < 1.29 is 22.8 Å². The lowest BCUT2D eigenvalue weighted by molar-refractivity contribution is 0.0926. The van der Waals surface area contributed by atoms with Crippen molar-refractivity contribution in [2.45, 2.75) is 0 Å². The van der Waals surface area contributed by atoms with E-state index >= 15 is 0 Å². The van der Waals surface area contributed by atoms with Gasteiger partial charge >= 0.3 is 16.5 Å². The van der Waals surface area contributed by atoms with Gasteiger partial charge in [0.15, 0.2) is 0 Å². The molecular formula is C21H13N3O5S. The molecule has 1 aliphatic heterocycles. The highest BCUT2D eigenvalue weighted by molar-refractivity contribution is 7.62. The summed E-state index contributed by atoms with van der Waals surface area (Å²) in [5.74, 6) is -0.868. The minimum atomic E-state index is -2.92. The SMILES string of the molecule is O=C1c2ccccc2C(=O)N1c1ccc(N(C(=O)N=S(=O)=O)c2ccccc2)cc1.